The molecule has 3 aromatic rings. The van der Waals surface area contributed by atoms with Crippen LogP contribution in [0.4, 0.5) is 5.69 Å². The standard InChI is InChI=1S/C27H27ClN4O5/c1-3-36-24-13-20(11-12-23(24)37-17-25(33)31-22-6-4-5-21(28)14-22)16-30-32-27(35)26(34)29-15-19-9-7-18(2)8-10-19/h4-14,16H,3,15,17H2,1-2H3,(H,29,34)(H,31,33)(H,32,35)/b30-16-. The van der Waals surface area contributed by atoms with Crippen LogP contribution in [0.1, 0.15) is 23.6 Å². The minimum absolute atomic E-state index is 0.229. The van der Waals surface area contributed by atoms with Gasteiger partial charge in [0.2, 0.25) is 0 Å². The molecule has 3 amide bonds. The SMILES string of the molecule is CCOc1cc(/C=N\NC(=O)C(=O)NCc2ccc(C)cc2)ccc1OCC(=O)Nc1cccc(Cl)c1. The number of hydrogen-bond donors (Lipinski definition) is 3. The van der Waals surface area contributed by atoms with Crippen LogP contribution in [0, 0.1) is 6.92 Å². The van der Waals surface area contributed by atoms with Crippen LogP contribution in [0.5, 0.6) is 11.5 Å². The summed E-state index contributed by atoms with van der Waals surface area (Å²) in [4.78, 5) is 36.2. The summed E-state index contributed by atoms with van der Waals surface area (Å²) < 4.78 is 11.2. The predicted octanol–water partition coefficient (Wildman–Crippen LogP) is 3.83. The number of ether oxygens (including phenoxy) is 2. The second-order valence-corrected chi connectivity index (χ2v) is 8.29. The van der Waals surface area contributed by atoms with Crippen LogP contribution in [0.3, 0.4) is 0 Å². The fourth-order valence-electron chi connectivity index (χ4n) is 3.08. The van der Waals surface area contributed by atoms with Crippen molar-refractivity contribution >= 4 is 41.2 Å². The number of benzene rings is 3. The molecule has 0 heterocycles. The molecule has 10 heteroatoms. The van der Waals surface area contributed by atoms with E-state index in [4.69, 9.17) is 21.1 Å². The first kappa shape index (κ1) is 27.2. The summed E-state index contributed by atoms with van der Waals surface area (Å²) in [6.45, 7) is 4.13. The van der Waals surface area contributed by atoms with Crippen molar-refractivity contribution in [1.29, 1.82) is 0 Å². The number of anilines is 1. The van der Waals surface area contributed by atoms with Crippen LogP contribution in [-0.4, -0.2) is 37.1 Å². The molecule has 0 spiro atoms. The fraction of sp³-hybridized carbons (Fsp3) is 0.185. The van der Waals surface area contributed by atoms with Gasteiger partial charge in [-0.25, -0.2) is 5.43 Å². The molecule has 3 rings (SSSR count). The molecule has 3 aromatic carbocycles. The Balaban J connectivity index is 1.51. The minimum Gasteiger partial charge on any atom is -0.490 e. The number of carbonyl (C=O) groups is 3. The third kappa shape index (κ3) is 8.97. The zero-order valence-corrected chi connectivity index (χ0v) is 21.2. The monoisotopic (exact) mass is 522 g/mol. The number of amides is 3. The Labute approximate surface area is 219 Å². The number of hydrogen-bond acceptors (Lipinski definition) is 6. The summed E-state index contributed by atoms with van der Waals surface area (Å²) in [6.07, 6.45) is 1.36. The van der Waals surface area contributed by atoms with Crippen LogP contribution in [-0.2, 0) is 20.9 Å². The lowest BCUT2D eigenvalue weighted by molar-refractivity contribution is -0.139. The van der Waals surface area contributed by atoms with Crippen molar-refractivity contribution in [2.24, 2.45) is 5.10 Å². The van der Waals surface area contributed by atoms with E-state index in [1.54, 1.807) is 42.5 Å². The summed E-state index contributed by atoms with van der Waals surface area (Å²) in [7, 11) is 0. The molecule has 192 valence electrons. The van der Waals surface area contributed by atoms with Crippen molar-refractivity contribution in [2.75, 3.05) is 18.5 Å². The molecule has 0 aliphatic rings. The predicted molar refractivity (Wildman–Crippen MR) is 142 cm³/mol. The summed E-state index contributed by atoms with van der Waals surface area (Å²) >= 11 is 5.93. The van der Waals surface area contributed by atoms with E-state index >= 15 is 0 Å². The van der Waals surface area contributed by atoms with Crippen molar-refractivity contribution in [3.8, 4) is 11.5 Å². The van der Waals surface area contributed by atoms with Gasteiger partial charge in [-0.3, -0.25) is 14.4 Å². The topological polar surface area (TPSA) is 118 Å². The van der Waals surface area contributed by atoms with Gasteiger partial charge in [-0.05, 0) is 61.4 Å². The first-order valence-electron chi connectivity index (χ1n) is 11.5. The highest BCUT2D eigenvalue weighted by atomic mass is 35.5. The number of rotatable bonds is 10. The second kappa shape index (κ2) is 13.6. The van der Waals surface area contributed by atoms with Crippen LogP contribution in [0.2, 0.25) is 5.02 Å². The number of aryl methyl sites for hydroxylation is 1. The van der Waals surface area contributed by atoms with Gasteiger partial charge in [0.15, 0.2) is 18.1 Å². The zero-order valence-electron chi connectivity index (χ0n) is 20.4. The first-order chi connectivity index (χ1) is 17.8. The summed E-state index contributed by atoms with van der Waals surface area (Å²) in [5.41, 5.74) is 5.32. The van der Waals surface area contributed by atoms with E-state index in [0.717, 1.165) is 11.1 Å². The van der Waals surface area contributed by atoms with Gasteiger partial charge >= 0.3 is 11.8 Å². The van der Waals surface area contributed by atoms with Gasteiger partial charge < -0.3 is 20.1 Å². The fourth-order valence-corrected chi connectivity index (χ4v) is 3.27. The Morgan fingerprint density at radius 3 is 2.46 bits per heavy atom. The molecule has 0 atom stereocenters. The third-order valence-corrected chi connectivity index (χ3v) is 5.13. The molecule has 0 aliphatic carbocycles. The lowest BCUT2D eigenvalue weighted by Gasteiger charge is -2.12. The largest absolute Gasteiger partial charge is 0.490 e. The number of halogens is 1. The van der Waals surface area contributed by atoms with E-state index in [1.165, 1.54) is 6.21 Å². The van der Waals surface area contributed by atoms with Gasteiger partial charge in [0, 0.05) is 17.3 Å². The second-order valence-electron chi connectivity index (χ2n) is 7.85. The van der Waals surface area contributed by atoms with Crippen LogP contribution in [0.25, 0.3) is 0 Å². The number of nitrogens with one attached hydrogen (secondary N) is 3. The Bertz CT molecular complexity index is 1280. The highest BCUT2D eigenvalue weighted by Crippen LogP contribution is 2.28. The van der Waals surface area contributed by atoms with Gasteiger partial charge in [0.05, 0.1) is 12.8 Å². The maximum absolute atomic E-state index is 12.2. The number of nitrogens with zero attached hydrogens (tertiary/aromatic N) is 1. The van der Waals surface area contributed by atoms with E-state index in [-0.39, 0.29) is 19.1 Å². The Hall–Kier alpha value is -4.37. The van der Waals surface area contributed by atoms with Crippen molar-refractivity contribution in [1.82, 2.24) is 10.7 Å². The Morgan fingerprint density at radius 1 is 0.946 bits per heavy atom. The molecular formula is C27H27ClN4O5. The van der Waals surface area contributed by atoms with E-state index < -0.39 is 11.8 Å². The van der Waals surface area contributed by atoms with E-state index in [2.05, 4.69) is 21.2 Å². The molecule has 9 nitrogen and oxygen atoms in total. The lowest BCUT2D eigenvalue weighted by atomic mass is 10.1. The molecule has 0 aliphatic heterocycles. The summed E-state index contributed by atoms with van der Waals surface area (Å²) in [5.74, 6) is -1.30. The highest BCUT2D eigenvalue weighted by molar-refractivity contribution is 6.35. The summed E-state index contributed by atoms with van der Waals surface area (Å²) in [5, 5.41) is 9.58. The van der Waals surface area contributed by atoms with Crippen LogP contribution < -0.4 is 25.5 Å². The van der Waals surface area contributed by atoms with Gasteiger partial charge in [0.25, 0.3) is 5.91 Å². The molecule has 0 unspecified atom stereocenters. The lowest BCUT2D eigenvalue weighted by Crippen LogP contribution is -2.37. The average molecular weight is 523 g/mol. The molecule has 0 radical (unpaired) electrons. The molecule has 0 saturated heterocycles. The average Bonchev–Trinajstić information content (AvgIpc) is 2.88. The van der Waals surface area contributed by atoms with Crippen molar-refractivity contribution in [3.05, 3.63) is 88.4 Å². The van der Waals surface area contributed by atoms with Crippen molar-refractivity contribution < 1.29 is 23.9 Å². The molecule has 0 aromatic heterocycles. The molecule has 0 fully saturated rings. The van der Waals surface area contributed by atoms with Crippen molar-refractivity contribution in [3.63, 3.8) is 0 Å². The Morgan fingerprint density at radius 2 is 1.73 bits per heavy atom. The summed E-state index contributed by atoms with van der Waals surface area (Å²) in [6, 6.07) is 19.3. The minimum atomic E-state index is -0.890. The third-order valence-electron chi connectivity index (χ3n) is 4.89. The molecular weight excluding hydrogens is 496 g/mol. The molecule has 0 saturated carbocycles. The highest BCUT2D eigenvalue weighted by Gasteiger charge is 2.13. The van der Waals surface area contributed by atoms with E-state index in [1.807, 2.05) is 38.1 Å². The maximum Gasteiger partial charge on any atom is 0.329 e. The van der Waals surface area contributed by atoms with Gasteiger partial charge in [-0.2, -0.15) is 5.10 Å². The van der Waals surface area contributed by atoms with Gasteiger partial charge in [-0.15, -0.1) is 0 Å². The van der Waals surface area contributed by atoms with E-state index in [9.17, 15) is 14.4 Å². The number of hydrazone groups is 1. The van der Waals surface area contributed by atoms with Gasteiger partial charge in [-0.1, -0.05) is 47.5 Å². The van der Waals surface area contributed by atoms with E-state index in [0.29, 0.717) is 34.4 Å². The molecule has 3 N–H and O–H groups in total. The normalized spacial score (nSPS) is 10.6. The first-order valence-corrected chi connectivity index (χ1v) is 11.8. The van der Waals surface area contributed by atoms with Crippen LogP contribution >= 0.6 is 11.6 Å². The quantitative estimate of drug-likeness (QED) is 0.212. The van der Waals surface area contributed by atoms with Crippen molar-refractivity contribution in [2.45, 2.75) is 20.4 Å². The smallest absolute Gasteiger partial charge is 0.329 e. The Kier molecular flexibility index (Phi) is 10.0. The molecule has 37 heavy (non-hydrogen) atoms. The number of carbonyl (C=O) groups excluding carboxylic acids is 3. The van der Waals surface area contributed by atoms with Crippen LogP contribution in [0.15, 0.2) is 71.8 Å². The van der Waals surface area contributed by atoms with Gasteiger partial charge in [0.1, 0.15) is 0 Å². The maximum atomic E-state index is 12.2. The molecule has 0 bridgehead atoms. The zero-order chi connectivity index (χ0) is 26.6.